The number of carbonyl (C=O) groups is 2. The monoisotopic (exact) mass is 260 g/mol. The number of rotatable bonds is 5. The molecule has 0 spiro atoms. The van der Waals surface area contributed by atoms with Gasteiger partial charge in [-0.1, -0.05) is 22.9 Å². The lowest BCUT2D eigenvalue weighted by Gasteiger charge is -2.02. The van der Waals surface area contributed by atoms with Crippen molar-refractivity contribution < 1.29 is 14.3 Å². The van der Waals surface area contributed by atoms with Gasteiger partial charge in [0.2, 0.25) is 6.41 Å². The number of ether oxygens (including phenoxy) is 1. The summed E-state index contributed by atoms with van der Waals surface area (Å²) in [6.45, 7) is 1.97. The van der Waals surface area contributed by atoms with Gasteiger partial charge < -0.3 is 10.1 Å². The van der Waals surface area contributed by atoms with Gasteiger partial charge in [0.25, 0.3) is 0 Å². The minimum Gasteiger partial charge on any atom is -0.462 e. The third kappa shape index (κ3) is 3.04. The first-order valence-corrected chi connectivity index (χ1v) is 5.62. The molecule has 1 heterocycles. The van der Waals surface area contributed by atoms with Crippen molar-refractivity contribution >= 4 is 46.0 Å². The van der Waals surface area contributed by atoms with Crippen LogP contribution >= 0.6 is 22.9 Å². The van der Waals surface area contributed by atoms with Crippen LogP contribution in [0.1, 0.15) is 11.8 Å². The summed E-state index contributed by atoms with van der Waals surface area (Å²) in [5.41, 5.74) is 1.36. The molecule has 1 aromatic heterocycles. The van der Waals surface area contributed by atoms with E-state index < -0.39 is 5.97 Å². The molecule has 1 amide bonds. The summed E-state index contributed by atoms with van der Waals surface area (Å²) in [6, 6.07) is 0. The van der Waals surface area contributed by atoms with Crippen molar-refractivity contribution in [2.75, 3.05) is 11.9 Å². The summed E-state index contributed by atoms with van der Waals surface area (Å²) in [7, 11) is 0. The van der Waals surface area contributed by atoms with E-state index in [2.05, 4.69) is 10.3 Å². The topological polar surface area (TPSA) is 68.3 Å². The molecule has 7 heteroatoms. The number of nitrogens with one attached hydrogen (secondary N) is 1. The van der Waals surface area contributed by atoms with E-state index in [-0.39, 0.29) is 12.2 Å². The van der Waals surface area contributed by atoms with Crippen LogP contribution in [0.3, 0.4) is 0 Å². The number of anilines is 1. The number of hydrogen-bond donors (Lipinski definition) is 1. The maximum absolute atomic E-state index is 11.5. The predicted molar refractivity (Wildman–Crippen MR) is 62.3 cm³/mol. The average Bonchev–Trinajstić information content (AvgIpc) is 2.68. The SMILES string of the molecule is CCOC(=O)C(=CCl)c1cnc(NC=O)s1. The van der Waals surface area contributed by atoms with Crippen molar-refractivity contribution in [3.8, 4) is 0 Å². The Morgan fingerprint density at radius 3 is 3.06 bits per heavy atom. The van der Waals surface area contributed by atoms with Gasteiger partial charge in [0.1, 0.15) is 0 Å². The Morgan fingerprint density at radius 1 is 1.75 bits per heavy atom. The summed E-state index contributed by atoms with van der Waals surface area (Å²) >= 11 is 6.68. The fourth-order valence-corrected chi connectivity index (χ4v) is 1.97. The first kappa shape index (κ1) is 12.7. The van der Waals surface area contributed by atoms with Crippen molar-refractivity contribution in [3.05, 3.63) is 16.6 Å². The molecule has 86 valence electrons. The number of nitrogens with zero attached hydrogens (tertiary/aromatic N) is 1. The molecule has 5 nitrogen and oxygen atoms in total. The minimum atomic E-state index is -0.515. The normalized spacial score (nSPS) is 11.0. The zero-order valence-corrected chi connectivity index (χ0v) is 9.97. The Bertz CT molecular complexity index is 417. The summed E-state index contributed by atoms with van der Waals surface area (Å²) in [6.07, 6.45) is 1.96. The second-order valence-corrected chi connectivity index (χ2v) is 3.78. The summed E-state index contributed by atoms with van der Waals surface area (Å²) in [5, 5.41) is 2.78. The zero-order chi connectivity index (χ0) is 12.0. The van der Waals surface area contributed by atoms with Gasteiger partial charge in [-0.3, -0.25) is 4.79 Å². The van der Waals surface area contributed by atoms with Crippen LogP contribution in [0.15, 0.2) is 11.7 Å². The molecule has 16 heavy (non-hydrogen) atoms. The van der Waals surface area contributed by atoms with Crippen molar-refractivity contribution in [2.45, 2.75) is 6.92 Å². The highest BCUT2D eigenvalue weighted by atomic mass is 35.5. The Hall–Kier alpha value is -1.40. The fourth-order valence-electron chi connectivity index (χ4n) is 0.924. The third-order valence-corrected chi connectivity index (χ3v) is 2.74. The quantitative estimate of drug-likeness (QED) is 0.498. The van der Waals surface area contributed by atoms with Crippen LogP contribution < -0.4 is 5.32 Å². The molecule has 0 saturated carbocycles. The molecule has 0 saturated heterocycles. The number of aromatic nitrogens is 1. The van der Waals surface area contributed by atoms with Gasteiger partial charge in [0.05, 0.1) is 17.1 Å². The van der Waals surface area contributed by atoms with Gasteiger partial charge in [-0.05, 0) is 6.92 Å². The molecular weight excluding hydrogens is 252 g/mol. The Balaban J connectivity index is 2.87. The first-order chi connectivity index (χ1) is 7.72. The molecule has 0 fully saturated rings. The lowest BCUT2D eigenvalue weighted by molar-refractivity contribution is -0.136. The Morgan fingerprint density at radius 2 is 2.50 bits per heavy atom. The van der Waals surface area contributed by atoms with E-state index in [9.17, 15) is 9.59 Å². The van der Waals surface area contributed by atoms with E-state index in [0.29, 0.717) is 16.4 Å². The van der Waals surface area contributed by atoms with Crippen LogP contribution in [-0.2, 0) is 14.3 Å². The number of esters is 1. The molecule has 1 rings (SSSR count). The highest BCUT2D eigenvalue weighted by Gasteiger charge is 2.15. The molecule has 0 bridgehead atoms. The molecule has 1 N–H and O–H groups in total. The van der Waals surface area contributed by atoms with Gasteiger partial charge in [-0.2, -0.15) is 0 Å². The van der Waals surface area contributed by atoms with Crippen LogP contribution in [0.2, 0.25) is 0 Å². The van der Waals surface area contributed by atoms with Crippen molar-refractivity contribution in [3.63, 3.8) is 0 Å². The highest BCUT2D eigenvalue weighted by molar-refractivity contribution is 7.17. The Labute approximate surface area is 101 Å². The maximum Gasteiger partial charge on any atom is 0.340 e. The third-order valence-electron chi connectivity index (χ3n) is 1.56. The van der Waals surface area contributed by atoms with Gasteiger partial charge >= 0.3 is 5.97 Å². The molecule has 0 unspecified atom stereocenters. The predicted octanol–water partition coefficient (Wildman–Crippen LogP) is 1.85. The van der Waals surface area contributed by atoms with Crippen LogP contribution in [0.5, 0.6) is 0 Å². The van der Waals surface area contributed by atoms with Crippen molar-refractivity contribution in [2.24, 2.45) is 0 Å². The van der Waals surface area contributed by atoms with E-state index in [4.69, 9.17) is 16.3 Å². The number of hydrogen-bond acceptors (Lipinski definition) is 5. The largest absolute Gasteiger partial charge is 0.462 e. The number of amides is 1. The second-order valence-electron chi connectivity index (χ2n) is 2.54. The summed E-state index contributed by atoms with van der Waals surface area (Å²) < 4.78 is 4.82. The number of thiazole rings is 1. The molecule has 0 aliphatic heterocycles. The summed E-state index contributed by atoms with van der Waals surface area (Å²) in [4.78, 5) is 26.1. The van der Waals surface area contributed by atoms with E-state index in [0.717, 1.165) is 16.9 Å². The number of carbonyl (C=O) groups excluding carboxylic acids is 2. The molecular formula is C9H9ClN2O3S. The smallest absolute Gasteiger partial charge is 0.340 e. The van der Waals surface area contributed by atoms with Gasteiger partial charge in [0.15, 0.2) is 5.13 Å². The molecule has 0 aliphatic carbocycles. The standard InChI is InChI=1S/C9H9ClN2O3S/c1-2-15-8(14)6(3-10)7-4-11-9(16-7)12-5-13/h3-5H,2H2,1H3,(H,11,12,13). The lowest BCUT2D eigenvalue weighted by atomic mass is 10.3. The lowest BCUT2D eigenvalue weighted by Crippen LogP contribution is -2.05. The van der Waals surface area contributed by atoms with Crippen LogP contribution in [0, 0.1) is 0 Å². The summed E-state index contributed by atoms with van der Waals surface area (Å²) in [5.74, 6) is -0.515. The average molecular weight is 261 g/mol. The van der Waals surface area contributed by atoms with E-state index in [1.165, 1.54) is 6.20 Å². The van der Waals surface area contributed by atoms with Gasteiger partial charge in [0, 0.05) is 11.7 Å². The zero-order valence-electron chi connectivity index (χ0n) is 8.40. The van der Waals surface area contributed by atoms with Crippen LogP contribution in [0.4, 0.5) is 5.13 Å². The molecule has 0 radical (unpaired) electrons. The Kier molecular flexibility index (Phi) is 4.94. The van der Waals surface area contributed by atoms with Crippen LogP contribution in [0.25, 0.3) is 5.57 Å². The molecule has 0 aliphatic rings. The first-order valence-electron chi connectivity index (χ1n) is 4.36. The van der Waals surface area contributed by atoms with Crippen molar-refractivity contribution in [1.29, 1.82) is 0 Å². The minimum absolute atomic E-state index is 0.222. The fraction of sp³-hybridized carbons (Fsp3) is 0.222. The van der Waals surface area contributed by atoms with E-state index in [1.54, 1.807) is 6.92 Å². The van der Waals surface area contributed by atoms with Gasteiger partial charge in [-0.25, -0.2) is 9.78 Å². The van der Waals surface area contributed by atoms with E-state index >= 15 is 0 Å². The molecule has 0 aromatic carbocycles. The second kappa shape index (κ2) is 6.24. The maximum atomic E-state index is 11.5. The van der Waals surface area contributed by atoms with E-state index in [1.807, 2.05) is 0 Å². The van der Waals surface area contributed by atoms with Crippen LogP contribution in [-0.4, -0.2) is 24.0 Å². The number of halogens is 1. The highest BCUT2D eigenvalue weighted by Crippen LogP contribution is 2.26. The molecule has 0 atom stereocenters. The van der Waals surface area contributed by atoms with Crippen molar-refractivity contribution in [1.82, 2.24) is 4.98 Å². The van der Waals surface area contributed by atoms with Gasteiger partial charge in [-0.15, -0.1) is 0 Å². The molecule has 1 aromatic rings.